The predicted molar refractivity (Wildman–Crippen MR) is 141 cm³/mol. The minimum Gasteiger partial charge on any atom is -0.463 e. The molecule has 0 saturated carbocycles. The molecule has 0 radical (unpaired) electrons. The van der Waals surface area contributed by atoms with Crippen LogP contribution in [0.25, 0.3) is 22.9 Å². The molecule has 1 atom stereocenters. The lowest BCUT2D eigenvalue weighted by molar-refractivity contribution is -0.139. The van der Waals surface area contributed by atoms with Crippen LogP contribution in [0.5, 0.6) is 0 Å². The van der Waals surface area contributed by atoms with Crippen LogP contribution in [0, 0.1) is 0 Å². The summed E-state index contributed by atoms with van der Waals surface area (Å²) in [6.07, 6.45) is 5.71. The van der Waals surface area contributed by atoms with Gasteiger partial charge in [0.15, 0.2) is 4.80 Å². The van der Waals surface area contributed by atoms with E-state index in [-0.39, 0.29) is 12.2 Å². The molecular formula is C29H24N2O3S. The molecule has 174 valence electrons. The Morgan fingerprint density at radius 1 is 1.06 bits per heavy atom. The number of carbonyl (C=O) groups is 1. The van der Waals surface area contributed by atoms with Gasteiger partial charge in [-0.15, -0.1) is 0 Å². The van der Waals surface area contributed by atoms with Gasteiger partial charge in [0.2, 0.25) is 0 Å². The molecule has 0 bridgehead atoms. The smallest absolute Gasteiger partial charge is 0.338 e. The number of benzene rings is 3. The monoisotopic (exact) mass is 480 g/mol. The molecule has 35 heavy (non-hydrogen) atoms. The van der Waals surface area contributed by atoms with Crippen molar-refractivity contribution in [2.45, 2.75) is 19.9 Å². The van der Waals surface area contributed by atoms with Gasteiger partial charge in [0, 0.05) is 0 Å². The van der Waals surface area contributed by atoms with E-state index in [1.807, 2.05) is 78.9 Å². The lowest BCUT2D eigenvalue weighted by Gasteiger charge is -2.21. The number of aromatic nitrogens is 1. The molecule has 0 N–H and O–H groups in total. The average Bonchev–Trinajstić information content (AvgIpc) is 3.17. The van der Waals surface area contributed by atoms with E-state index in [0.29, 0.717) is 20.6 Å². The largest absolute Gasteiger partial charge is 0.463 e. The van der Waals surface area contributed by atoms with Crippen LogP contribution in [0.3, 0.4) is 0 Å². The van der Waals surface area contributed by atoms with E-state index in [4.69, 9.17) is 4.74 Å². The number of rotatable bonds is 5. The minimum absolute atomic E-state index is 0.182. The van der Waals surface area contributed by atoms with Crippen LogP contribution in [0.4, 0.5) is 0 Å². The number of fused-ring (bicyclic) bond motifs is 2. The van der Waals surface area contributed by atoms with Crippen LogP contribution in [-0.2, 0) is 9.53 Å². The maximum Gasteiger partial charge on any atom is 0.338 e. The van der Waals surface area contributed by atoms with Gasteiger partial charge in [0.05, 0.1) is 28.5 Å². The second kappa shape index (κ2) is 9.68. The molecule has 3 aromatic carbocycles. The molecule has 5 rings (SSSR count). The van der Waals surface area contributed by atoms with E-state index in [9.17, 15) is 9.59 Å². The molecule has 1 aliphatic heterocycles. The van der Waals surface area contributed by atoms with Crippen LogP contribution in [0.1, 0.15) is 31.0 Å². The van der Waals surface area contributed by atoms with Gasteiger partial charge in [-0.2, -0.15) is 0 Å². The lowest BCUT2D eigenvalue weighted by atomic mass is 10.0. The summed E-state index contributed by atoms with van der Waals surface area (Å²) in [4.78, 5) is 31.8. The number of thiazole rings is 1. The Bertz CT molecular complexity index is 1650. The molecule has 2 heterocycles. The fourth-order valence-corrected chi connectivity index (χ4v) is 5.35. The molecule has 6 heteroatoms. The molecule has 1 aliphatic rings. The summed E-state index contributed by atoms with van der Waals surface area (Å²) in [6, 6.07) is 23.3. The van der Waals surface area contributed by atoms with Gasteiger partial charge >= 0.3 is 5.97 Å². The number of esters is 1. The molecule has 0 fully saturated rings. The van der Waals surface area contributed by atoms with Crippen molar-refractivity contribution in [2.75, 3.05) is 6.61 Å². The summed E-state index contributed by atoms with van der Waals surface area (Å²) in [5.74, 6) is -0.459. The highest BCUT2D eigenvalue weighted by molar-refractivity contribution is 7.07. The Labute approximate surface area is 206 Å². The van der Waals surface area contributed by atoms with Crippen molar-refractivity contribution in [3.8, 4) is 0 Å². The molecule has 0 saturated heterocycles. The van der Waals surface area contributed by atoms with E-state index in [1.54, 1.807) is 18.4 Å². The highest BCUT2D eigenvalue weighted by atomic mass is 32.1. The Balaban J connectivity index is 1.69. The van der Waals surface area contributed by atoms with Gasteiger partial charge in [-0.1, -0.05) is 96.3 Å². The number of ether oxygens (including phenoxy) is 1. The van der Waals surface area contributed by atoms with Gasteiger partial charge in [0.1, 0.15) is 0 Å². The summed E-state index contributed by atoms with van der Waals surface area (Å²) < 4.78 is 7.49. The van der Waals surface area contributed by atoms with E-state index in [2.05, 4.69) is 17.1 Å². The molecule has 4 aromatic rings. The van der Waals surface area contributed by atoms with Crippen LogP contribution >= 0.6 is 11.3 Å². The van der Waals surface area contributed by atoms with Crippen LogP contribution in [0.2, 0.25) is 0 Å². The Hall–Kier alpha value is -4.03. The molecule has 0 spiro atoms. The van der Waals surface area contributed by atoms with E-state index in [1.165, 1.54) is 11.3 Å². The Kier molecular flexibility index (Phi) is 6.29. The SMILES string of the molecule is CCOC(=O)C1=C(C)N=c2s/c(=C/c3cccc4ccccc34)c(=O)n2C1/C=C/c1ccccc1. The summed E-state index contributed by atoms with van der Waals surface area (Å²) in [5.41, 5.74) is 2.69. The van der Waals surface area contributed by atoms with Crippen molar-refractivity contribution < 1.29 is 9.53 Å². The Morgan fingerprint density at radius 3 is 2.60 bits per heavy atom. The first kappa shape index (κ1) is 22.7. The first-order valence-electron chi connectivity index (χ1n) is 11.5. The second-order valence-electron chi connectivity index (χ2n) is 8.18. The van der Waals surface area contributed by atoms with Crippen molar-refractivity contribution in [1.82, 2.24) is 4.57 Å². The summed E-state index contributed by atoms with van der Waals surface area (Å²) in [5, 5.41) is 2.18. The van der Waals surface area contributed by atoms with Crippen molar-refractivity contribution in [3.63, 3.8) is 0 Å². The second-order valence-corrected chi connectivity index (χ2v) is 9.19. The molecular weight excluding hydrogens is 456 g/mol. The molecule has 1 aromatic heterocycles. The quantitative estimate of drug-likeness (QED) is 0.392. The standard InChI is InChI=1S/C29H24N2O3S/c1-3-34-28(33)26-19(2)30-29-31(24(26)17-16-20-10-5-4-6-11-20)27(32)25(35-29)18-22-14-9-13-21-12-7-8-15-23(21)22/h4-18,24H,3H2,1-2H3/b17-16+,25-18+. The summed E-state index contributed by atoms with van der Waals surface area (Å²) in [7, 11) is 0. The van der Waals surface area contributed by atoms with Gasteiger partial charge in [-0.25, -0.2) is 9.79 Å². The maximum absolute atomic E-state index is 13.7. The van der Waals surface area contributed by atoms with Crippen LogP contribution in [-0.4, -0.2) is 17.1 Å². The number of nitrogens with zero attached hydrogens (tertiary/aromatic N) is 2. The third kappa shape index (κ3) is 4.40. The van der Waals surface area contributed by atoms with Crippen LogP contribution in [0.15, 0.2) is 99.9 Å². The van der Waals surface area contributed by atoms with Crippen molar-refractivity contribution in [1.29, 1.82) is 0 Å². The van der Waals surface area contributed by atoms with Gasteiger partial charge in [-0.05, 0) is 41.8 Å². The lowest BCUT2D eigenvalue weighted by Crippen LogP contribution is -2.38. The highest BCUT2D eigenvalue weighted by Gasteiger charge is 2.30. The number of carbonyl (C=O) groups excluding carboxylic acids is 1. The molecule has 0 aliphatic carbocycles. The summed E-state index contributed by atoms with van der Waals surface area (Å²) in [6.45, 7) is 3.80. The number of hydrogen-bond donors (Lipinski definition) is 0. The van der Waals surface area contributed by atoms with Crippen molar-refractivity contribution >= 4 is 40.2 Å². The highest BCUT2D eigenvalue weighted by Crippen LogP contribution is 2.26. The predicted octanol–water partition coefficient (Wildman–Crippen LogP) is 4.62. The van der Waals surface area contributed by atoms with Gasteiger partial charge < -0.3 is 4.74 Å². The first-order chi connectivity index (χ1) is 17.1. The van der Waals surface area contributed by atoms with E-state index in [0.717, 1.165) is 21.9 Å². The molecule has 5 nitrogen and oxygen atoms in total. The topological polar surface area (TPSA) is 60.7 Å². The van der Waals surface area contributed by atoms with Crippen LogP contribution < -0.4 is 14.9 Å². The van der Waals surface area contributed by atoms with E-state index >= 15 is 0 Å². The number of hydrogen-bond acceptors (Lipinski definition) is 5. The first-order valence-corrected chi connectivity index (χ1v) is 12.3. The third-order valence-electron chi connectivity index (χ3n) is 5.94. The summed E-state index contributed by atoms with van der Waals surface area (Å²) >= 11 is 1.33. The van der Waals surface area contributed by atoms with Crippen molar-refractivity contribution in [2.24, 2.45) is 4.99 Å². The zero-order valence-corrected chi connectivity index (χ0v) is 20.3. The average molecular weight is 481 g/mol. The number of allylic oxidation sites excluding steroid dienone is 2. The normalized spacial score (nSPS) is 15.9. The van der Waals surface area contributed by atoms with E-state index < -0.39 is 12.0 Å². The van der Waals surface area contributed by atoms with Gasteiger partial charge in [-0.3, -0.25) is 9.36 Å². The zero-order valence-electron chi connectivity index (χ0n) is 19.5. The zero-order chi connectivity index (χ0) is 24.4. The Morgan fingerprint density at radius 2 is 1.80 bits per heavy atom. The van der Waals surface area contributed by atoms with Crippen molar-refractivity contribution in [3.05, 3.63) is 121 Å². The van der Waals surface area contributed by atoms with Gasteiger partial charge in [0.25, 0.3) is 5.56 Å². The fraction of sp³-hybridized carbons (Fsp3) is 0.138. The fourth-order valence-electron chi connectivity index (χ4n) is 4.30. The minimum atomic E-state index is -0.611. The maximum atomic E-state index is 13.7. The third-order valence-corrected chi connectivity index (χ3v) is 6.92. The molecule has 0 amide bonds. The molecule has 1 unspecified atom stereocenters.